The van der Waals surface area contributed by atoms with Crippen LogP contribution in [0.4, 0.5) is 0 Å². The summed E-state index contributed by atoms with van der Waals surface area (Å²) >= 11 is 0. The lowest BCUT2D eigenvalue weighted by Gasteiger charge is -2.43. The van der Waals surface area contributed by atoms with E-state index in [1.807, 2.05) is 0 Å². The molecule has 1 heterocycles. The molecular weight excluding hydrogens is 468 g/mol. The topological polar surface area (TPSA) is 124 Å². The summed E-state index contributed by atoms with van der Waals surface area (Å²) in [6.45, 7) is -0.368. The Morgan fingerprint density at radius 2 is 1.38 bits per heavy atom. The van der Waals surface area contributed by atoms with Gasteiger partial charge in [-0.15, -0.1) is 0 Å². The maximum absolute atomic E-state index is 12.7. The summed E-state index contributed by atoms with van der Waals surface area (Å²) in [6, 6.07) is 16.5. The second kappa shape index (κ2) is 11.5. The number of hydrogen-bond donors (Lipinski definition) is 0. The SMILES string of the molecule is CO[C@@H]1O[C@H](COC(=O)c2ccccc2)[C@@H](OS(C)(=O)=O)[C@H](OC)[C@@H]1OC(=O)c1ccccc1. The molecular formula is C23H26O10S. The number of carbonyl (C=O) groups is 2. The minimum Gasteiger partial charge on any atom is -0.459 e. The smallest absolute Gasteiger partial charge is 0.338 e. The summed E-state index contributed by atoms with van der Waals surface area (Å²) in [5.74, 6) is -1.33. The maximum Gasteiger partial charge on any atom is 0.338 e. The highest BCUT2D eigenvalue weighted by atomic mass is 32.2. The summed E-state index contributed by atoms with van der Waals surface area (Å²) < 4.78 is 56.8. The molecule has 0 bridgehead atoms. The van der Waals surface area contributed by atoms with Gasteiger partial charge in [-0.3, -0.25) is 4.18 Å². The van der Waals surface area contributed by atoms with Crippen LogP contribution in [0.2, 0.25) is 0 Å². The molecule has 0 unspecified atom stereocenters. The van der Waals surface area contributed by atoms with E-state index in [0.717, 1.165) is 6.26 Å². The molecule has 0 radical (unpaired) electrons. The van der Waals surface area contributed by atoms with Crippen molar-refractivity contribution in [2.75, 3.05) is 27.1 Å². The number of benzene rings is 2. The van der Waals surface area contributed by atoms with Crippen molar-refractivity contribution in [1.29, 1.82) is 0 Å². The molecule has 0 aliphatic carbocycles. The molecule has 10 nitrogen and oxygen atoms in total. The molecule has 1 fully saturated rings. The first-order valence-corrected chi connectivity index (χ1v) is 12.1. The van der Waals surface area contributed by atoms with Crippen molar-refractivity contribution in [3.63, 3.8) is 0 Å². The molecule has 0 amide bonds. The van der Waals surface area contributed by atoms with Gasteiger partial charge in [0.15, 0.2) is 12.4 Å². The van der Waals surface area contributed by atoms with Crippen molar-refractivity contribution in [2.45, 2.75) is 30.7 Å². The summed E-state index contributed by atoms with van der Waals surface area (Å²) in [5.41, 5.74) is 0.576. The van der Waals surface area contributed by atoms with Crippen LogP contribution in [0.5, 0.6) is 0 Å². The van der Waals surface area contributed by atoms with E-state index in [9.17, 15) is 18.0 Å². The quantitative estimate of drug-likeness (QED) is 0.376. The minimum atomic E-state index is -4.00. The van der Waals surface area contributed by atoms with Crippen LogP contribution in [-0.4, -0.2) is 78.1 Å². The number of ether oxygens (including phenoxy) is 5. The first kappa shape index (κ1) is 25.8. The second-order valence-electron chi connectivity index (χ2n) is 7.44. The number of methoxy groups -OCH3 is 2. The highest BCUT2D eigenvalue weighted by Gasteiger charge is 2.51. The van der Waals surface area contributed by atoms with Crippen LogP contribution >= 0.6 is 0 Å². The molecule has 2 aromatic carbocycles. The van der Waals surface area contributed by atoms with Crippen molar-refractivity contribution in [3.8, 4) is 0 Å². The molecule has 1 saturated heterocycles. The normalized spacial score (nSPS) is 24.9. The van der Waals surface area contributed by atoms with Crippen LogP contribution in [0.1, 0.15) is 20.7 Å². The number of rotatable bonds is 9. The van der Waals surface area contributed by atoms with Crippen LogP contribution in [0.3, 0.4) is 0 Å². The van der Waals surface area contributed by atoms with Crippen LogP contribution in [0, 0.1) is 0 Å². The Balaban J connectivity index is 1.83. The maximum atomic E-state index is 12.7. The lowest BCUT2D eigenvalue weighted by molar-refractivity contribution is -0.292. The first-order valence-electron chi connectivity index (χ1n) is 10.3. The van der Waals surface area contributed by atoms with E-state index in [1.165, 1.54) is 14.2 Å². The van der Waals surface area contributed by atoms with Gasteiger partial charge in [0.05, 0.1) is 17.4 Å². The minimum absolute atomic E-state index is 0.270. The highest BCUT2D eigenvalue weighted by Crippen LogP contribution is 2.30. The van der Waals surface area contributed by atoms with Crippen molar-refractivity contribution in [2.24, 2.45) is 0 Å². The van der Waals surface area contributed by atoms with Crippen molar-refractivity contribution in [3.05, 3.63) is 71.8 Å². The zero-order valence-corrected chi connectivity index (χ0v) is 19.7. The van der Waals surface area contributed by atoms with Gasteiger partial charge < -0.3 is 23.7 Å². The van der Waals surface area contributed by atoms with Gasteiger partial charge in [0.1, 0.15) is 24.9 Å². The molecule has 0 N–H and O–H groups in total. The molecule has 5 atom stereocenters. The molecule has 11 heteroatoms. The number of carbonyl (C=O) groups excluding carboxylic acids is 2. The lowest BCUT2D eigenvalue weighted by atomic mass is 9.98. The second-order valence-corrected chi connectivity index (χ2v) is 9.05. The summed E-state index contributed by atoms with van der Waals surface area (Å²) in [5, 5.41) is 0. The summed E-state index contributed by atoms with van der Waals surface area (Å²) in [7, 11) is -1.37. The van der Waals surface area contributed by atoms with E-state index in [4.69, 9.17) is 27.9 Å². The number of hydrogen-bond acceptors (Lipinski definition) is 10. The van der Waals surface area contributed by atoms with E-state index in [-0.39, 0.29) is 12.2 Å². The standard InChI is InChI=1S/C23H26O10S/c1-28-19-18(33-34(3,26)27)17(14-30-21(24)15-10-6-4-7-11-15)31-23(29-2)20(19)32-22(25)16-12-8-5-9-13-16/h4-13,17-20,23H,14H2,1-3H3/t17-,18-,19+,20+,23-/m1/s1. The Morgan fingerprint density at radius 1 is 0.824 bits per heavy atom. The lowest BCUT2D eigenvalue weighted by Crippen LogP contribution is -2.62. The van der Waals surface area contributed by atoms with Crippen LogP contribution in [0.15, 0.2) is 60.7 Å². The predicted molar refractivity (Wildman–Crippen MR) is 119 cm³/mol. The molecule has 34 heavy (non-hydrogen) atoms. The van der Waals surface area contributed by atoms with Gasteiger partial charge in [0.25, 0.3) is 10.1 Å². The monoisotopic (exact) mass is 494 g/mol. The van der Waals surface area contributed by atoms with Gasteiger partial charge in [0, 0.05) is 14.2 Å². The van der Waals surface area contributed by atoms with Gasteiger partial charge in [-0.1, -0.05) is 36.4 Å². The average molecular weight is 495 g/mol. The Hall–Kier alpha value is -2.83. The van der Waals surface area contributed by atoms with E-state index < -0.39 is 52.8 Å². The van der Waals surface area contributed by atoms with E-state index in [2.05, 4.69) is 0 Å². The zero-order valence-electron chi connectivity index (χ0n) is 18.9. The molecule has 184 valence electrons. The highest BCUT2D eigenvalue weighted by molar-refractivity contribution is 7.86. The predicted octanol–water partition coefficient (Wildman–Crippen LogP) is 1.80. The third-order valence-electron chi connectivity index (χ3n) is 5.02. The van der Waals surface area contributed by atoms with E-state index in [0.29, 0.717) is 5.56 Å². The molecule has 1 aliphatic rings. The number of esters is 2. The van der Waals surface area contributed by atoms with Gasteiger partial charge in [-0.25, -0.2) is 9.59 Å². The van der Waals surface area contributed by atoms with Crippen molar-refractivity contribution in [1.82, 2.24) is 0 Å². The van der Waals surface area contributed by atoms with E-state index in [1.54, 1.807) is 60.7 Å². The van der Waals surface area contributed by atoms with Gasteiger partial charge in [-0.05, 0) is 24.3 Å². The van der Waals surface area contributed by atoms with Gasteiger partial charge >= 0.3 is 11.9 Å². The zero-order chi connectivity index (χ0) is 24.7. The Labute approximate surface area is 197 Å². The van der Waals surface area contributed by atoms with Crippen molar-refractivity contribution >= 4 is 22.1 Å². The largest absolute Gasteiger partial charge is 0.459 e. The van der Waals surface area contributed by atoms with E-state index >= 15 is 0 Å². The third kappa shape index (κ3) is 6.61. The molecule has 3 rings (SSSR count). The molecule has 0 spiro atoms. The fraction of sp³-hybridized carbons (Fsp3) is 0.391. The first-order chi connectivity index (χ1) is 16.2. The summed E-state index contributed by atoms with van der Waals surface area (Å²) in [4.78, 5) is 25.0. The Kier molecular flexibility index (Phi) is 8.75. The fourth-order valence-electron chi connectivity index (χ4n) is 3.50. The Morgan fingerprint density at radius 3 is 1.88 bits per heavy atom. The molecule has 1 aliphatic heterocycles. The summed E-state index contributed by atoms with van der Waals surface area (Å²) in [6.07, 6.45) is -5.01. The van der Waals surface area contributed by atoms with Crippen LogP contribution in [-0.2, 0) is 38.0 Å². The van der Waals surface area contributed by atoms with Gasteiger partial charge in [-0.2, -0.15) is 8.42 Å². The molecule has 0 saturated carbocycles. The average Bonchev–Trinajstić information content (AvgIpc) is 2.83. The Bertz CT molecular complexity index is 1060. The van der Waals surface area contributed by atoms with Crippen LogP contribution in [0.25, 0.3) is 0 Å². The van der Waals surface area contributed by atoms with Gasteiger partial charge in [0.2, 0.25) is 0 Å². The third-order valence-corrected chi connectivity index (χ3v) is 5.59. The molecule has 0 aromatic heterocycles. The van der Waals surface area contributed by atoms with Crippen molar-refractivity contribution < 1.29 is 45.9 Å². The molecule has 2 aromatic rings. The fourth-order valence-corrected chi connectivity index (χ4v) is 4.13. The van der Waals surface area contributed by atoms with Crippen LogP contribution < -0.4 is 0 Å².